The number of carbonyl (C=O) groups excluding carboxylic acids is 2. The van der Waals surface area contributed by atoms with Crippen LogP contribution in [0.3, 0.4) is 0 Å². The maximum atomic E-state index is 11.2. The van der Waals surface area contributed by atoms with Crippen LogP contribution in [0.2, 0.25) is 0 Å². The van der Waals surface area contributed by atoms with Crippen LogP contribution in [-0.2, 0) is 14.3 Å². The molecule has 6 heteroatoms. The minimum absolute atomic E-state index is 0.0126. The molecule has 0 saturated carbocycles. The van der Waals surface area contributed by atoms with Gasteiger partial charge in [-0.2, -0.15) is 0 Å². The molecule has 0 aromatic heterocycles. The lowest BCUT2D eigenvalue weighted by atomic mass is 10.3. The Morgan fingerprint density at radius 3 is 2.31 bits per heavy atom. The topological polar surface area (TPSA) is 84.9 Å². The highest BCUT2D eigenvalue weighted by atomic mass is 16.6. The molecule has 0 heterocycles. The van der Waals surface area contributed by atoms with Crippen molar-refractivity contribution in [3.63, 3.8) is 0 Å². The first-order chi connectivity index (χ1) is 7.65. The third-order valence-electron chi connectivity index (χ3n) is 1.43. The van der Waals surface area contributed by atoms with Gasteiger partial charge in [-0.05, 0) is 0 Å². The summed E-state index contributed by atoms with van der Waals surface area (Å²) >= 11 is 0. The zero-order valence-corrected chi connectivity index (χ0v) is 8.85. The average molecular weight is 229 g/mol. The minimum atomic E-state index is -1.14. The number of esters is 1. The Kier molecular flexibility index (Phi) is 7.52. The van der Waals surface area contributed by atoms with Crippen molar-refractivity contribution in [1.29, 1.82) is 0 Å². The van der Waals surface area contributed by atoms with Crippen LogP contribution < -0.4 is 5.32 Å². The van der Waals surface area contributed by atoms with Crippen LogP contribution in [0.15, 0.2) is 25.3 Å². The second-order valence-electron chi connectivity index (χ2n) is 2.69. The van der Waals surface area contributed by atoms with Gasteiger partial charge in [0.25, 0.3) is 0 Å². The molecular formula is C10H15NO5. The van der Waals surface area contributed by atoms with Gasteiger partial charge in [0, 0.05) is 0 Å². The van der Waals surface area contributed by atoms with Crippen molar-refractivity contribution in [3.05, 3.63) is 25.3 Å². The number of nitrogens with one attached hydrogen (secondary N) is 1. The molecule has 0 bridgehead atoms. The molecule has 90 valence electrons. The van der Waals surface area contributed by atoms with Crippen molar-refractivity contribution in [1.82, 2.24) is 5.32 Å². The maximum Gasteiger partial charge on any atom is 0.408 e. The lowest BCUT2D eigenvalue weighted by Crippen LogP contribution is -2.44. The van der Waals surface area contributed by atoms with Gasteiger partial charge in [-0.15, -0.1) is 0 Å². The van der Waals surface area contributed by atoms with Gasteiger partial charge < -0.3 is 19.9 Å². The van der Waals surface area contributed by atoms with Crippen LogP contribution in [-0.4, -0.2) is 43.0 Å². The molecule has 0 aliphatic carbocycles. The van der Waals surface area contributed by atoms with Gasteiger partial charge in [-0.25, -0.2) is 9.59 Å². The molecule has 0 saturated heterocycles. The van der Waals surface area contributed by atoms with E-state index in [-0.39, 0.29) is 13.2 Å². The fourth-order valence-corrected chi connectivity index (χ4v) is 0.739. The molecule has 0 fully saturated rings. The van der Waals surface area contributed by atoms with E-state index in [1.54, 1.807) is 0 Å². The SMILES string of the molecule is C=CCOC(=O)N[C@@H](CO)C(=O)OCC=C. The summed E-state index contributed by atoms with van der Waals surface area (Å²) in [4.78, 5) is 22.3. The summed E-state index contributed by atoms with van der Waals surface area (Å²) in [6.07, 6.45) is 1.93. The highest BCUT2D eigenvalue weighted by Crippen LogP contribution is 1.91. The molecular weight excluding hydrogens is 214 g/mol. The zero-order chi connectivity index (χ0) is 12.4. The van der Waals surface area contributed by atoms with Crippen LogP contribution in [0.4, 0.5) is 4.79 Å². The molecule has 0 unspecified atom stereocenters. The Labute approximate surface area is 93.5 Å². The fourth-order valence-electron chi connectivity index (χ4n) is 0.739. The number of hydrogen-bond donors (Lipinski definition) is 2. The first-order valence-electron chi connectivity index (χ1n) is 4.58. The van der Waals surface area contributed by atoms with E-state index in [4.69, 9.17) is 5.11 Å². The largest absolute Gasteiger partial charge is 0.460 e. The Morgan fingerprint density at radius 1 is 1.25 bits per heavy atom. The average Bonchev–Trinajstić information content (AvgIpc) is 2.30. The second-order valence-corrected chi connectivity index (χ2v) is 2.69. The Bertz CT molecular complexity index is 264. The second kappa shape index (κ2) is 8.49. The van der Waals surface area contributed by atoms with E-state index in [1.807, 2.05) is 0 Å². The number of alkyl carbamates (subject to hydrolysis) is 1. The third-order valence-corrected chi connectivity index (χ3v) is 1.43. The molecule has 2 N–H and O–H groups in total. The van der Waals surface area contributed by atoms with Crippen LogP contribution >= 0.6 is 0 Å². The first kappa shape index (κ1) is 14.2. The van der Waals surface area contributed by atoms with Crippen LogP contribution in [0.25, 0.3) is 0 Å². The van der Waals surface area contributed by atoms with Crippen molar-refractivity contribution in [2.45, 2.75) is 6.04 Å². The highest BCUT2D eigenvalue weighted by Gasteiger charge is 2.21. The van der Waals surface area contributed by atoms with Crippen molar-refractivity contribution >= 4 is 12.1 Å². The predicted octanol–water partition coefficient (Wildman–Crippen LogP) is -0.0113. The van der Waals surface area contributed by atoms with Gasteiger partial charge in [-0.1, -0.05) is 25.3 Å². The number of aliphatic hydroxyl groups excluding tert-OH is 1. The van der Waals surface area contributed by atoms with Crippen LogP contribution in [0.1, 0.15) is 0 Å². The number of rotatable bonds is 7. The van der Waals surface area contributed by atoms with Crippen molar-refractivity contribution in [2.24, 2.45) is 0 Å². The van der Waals surface area contributed by atoms with Gasteiger partial charge in [0.05, 0.1) is 6.61 Å². The molecule has 16 heavy (non-hydrogen) atoms. The van der Waals surface area contributed by atoms with Gasteiger partial charge in [0.15, 0.2) is 6.04 Å². The number of aliphatic hydroxyl groups is 1. The molecule has 0 aliphatic rings. The summed E-state index contributed by atoms with van der Waals surface area (Å²) in [5.74, 6) is -0.752. The van der Waals surface area contributed by atoms with Crippen molar-refractivity contribution in [3.8, 4) is 0 Å². The summed E-state index contributed by atoms with van der Waals surface area (Å²) < 4.78 is 9.21. The molecule has 0 aliphatic heterocycles. The lowest BCUT2D eigenvalue weighted by molar-refractivity contribution is -0.145. The summed E-state index contributed by atoms with van der Waals surface area (Å²) in [7, 11) is 0. The fraction of sp³-hybridized carbons (Fsp3) is 0.400. The van der Waals surface area contributed by atoms with Gasteiger partial charge in [0.2, 0.25) is 0 Å². The standard InChI is InChI=1S/C10H15NO5/c1-3-5-15-9(13)8(7-12)11-10(14)16-6-4-2/h3-4,8,12H,1-2,5-7H2,(H,11,14)/t8-/m0/s1. The van der Waals surface area contributed by atoms with Gasteiger partial charge >= 0.3 is 12.1 Å². The number of hydrogen-bond acceptors (Lipinski definition) is 5. The first-order valence-corrected chi connectivity index (χ1v) is 4.58. The van der Waals surface area contributed by atoms with Crippen molar-refractivity contribution in [2.75, 3.05) is 19.8 Å². The molecule has 0 rings (SSSR count). The summed E-state index contributed by atoms with van der Waals surface area (Å²) in [5, 5.41) is 11.0. The van der Waals surface area contributed by atoms with Crippen molar-refractivity contribution < 1.29 is 24.2 Å². The normalized spacial score (nSPS) is 11.1. The minimum Gasteiger partial charge on any atom is -0.460 e. The summed E-state index contributed by atoms with van der Waals surface area (Å²) in [5.41, 5.74) is 0. The van der Waals surface area contributed by atoms with E-state index in [9.17, 15) is 9.59 Å². The molecule has 0 radical (unpaired) electrons. The summed E-state index contributed by atoms with van der Waals surface area (Å²) in [6.45, 7) is 6.17. The highest BCUT2D eigenvalue weighted by molar-refractivity contribution is 5.81. The Balaban J connectivity index is 4.06. The van der Waals surface area contributed by atoms with E-state index in [1.165, 1.54) is 12.2 Å². The molecule has 6 nitrogen and oxygen atoms in total. The third kappa shape index (κ3) is 5.82. The number of ether oxygens (including phenoxy) is 2. The van der Waals surface area contributed by atoms with Gasteiger partial charge in [0.1, 0.15) is 13.2 Å². The number of amides is 1. The quantitative estimate of drug-likeness (QED) is 0.473. The van der Waals surface area contributed by atoms with Gasteiger partial charge in [-0.3, -0.25) is 0 Å². The van der Waals surface area contributed by atoms with E-state index in [2.05, 4.69) is 27.9 Å². The van der Waals surface area contributed by atoms with Crippen LogP contribution in [0, 0.1) is 0 Å². The Morgan fingerprint density at radius 2 is 1.81 bits per heavy atom. The monoisotopic (exact) mass is 229 g/mol. The molecule has 1 atom stereocenters. The van der Waals surface area contributed by atoms with E-state index < -0.39 is 24.7 Å². The smallest absolute Gasteiger partial charge is 0.408 e. The summed E-state index contributed by atoms with van der Waals surface area (Å²) in [6, 6.07) is -1.14. The molecule has 1 amide bonds. The molecule has 0 spiro atoms. The molecule has 0 aromatic rings. The van der Waals surface area contributed by atoms with Crippen LogP contribution in [0.5, 0.6) is 0 Å². The maximum absolute atomic E-state index is 11.2. The van der Waals surface area contributed by atoms with E-state index >= 15 is 0 Å². The zero-order valence-electron chi connectivity index (χ0n) is 8.85. The lowest BCUT2D eigenvalue weighted by Gasteiger charge is -2.14. The van der Waals surface area contributed by atoms with E-state index in [0.717, 1.165) is 0 Å². The predicted molar refractivity (Wildman–Crippen MR) is 56.7 cm³/mol. The number of carbonyl (C=O) groups is 2. The molecule has 0 aromatic carbocycles. The van der Waals surface area contributed by atoms with E-state index in [0.29, 0.717) is 0 Å². The Hall–Kier alpha value is -1.82.